The fourth-order valence-electron chi connectivity index (χ4n) is 3.01. The number of carbonyl (C=O) groups is 1. The summed E-state index contributed by atoms with van der Waals surface area (Å²) in [4.78, 5) is 14.3. The largest absolute Gasteiger partial charge is 0.497 e. The van der Waals surface area contributed by atoms with Crippen LogP contribution in [0.1, 0.15) is 24.8 Å². The number of benzene rings is 1. The fourth-order valence-corrected chi connectivity index (χ4v) is 3.01. The second kappa shape index (κ2) is 8.76. The molecule has 1 aliphatic rings. The summed E-state index contributed by atoms with van der Waals surface area (Å²) in [7, 11) is 1.64. The van der Waals surface area contributed by atoms with Gasteiger partial charge in [0.2, 0.25) is 5.91 Å². The number of nitrogens with zero attached hydrogens (tertiary/aromatic N) is 1. The van der Waals surface area contributed by atoms with Gasteiger partial charge in [-0.15, -0.1) is 0 Å². The van der Waals surface area contributed by atoms with Gasteiger partial charge < -0.3 is 15.8 Å². The Morgan fingerprint density at radius 1 is 1.50 bits per heavy atom. The highest BCUT2D eigenvalue weighted by atomic mass is 16.5. The van der Waals surface area contributed by atoms with Crippen molar-refractivity contribution in [2.75, 3.05) is 33.3 Å². The Morgan fingerprint density at radius 2 is 2.36 bits per heavy atom. The minimum absolute atomic E-state index is 0.0798. The van der Waals surface area contributed by atoms with Gasteiger partial charge in [0.15, 0.2) is 0 Å². The number of carbonyl (C=O) groups excluding carboxylic acids is 1. The van der Waals surface area contributed by atoms with Gasteiger partial charge in [-0.05, 0) is 56.0 Å². The molecule has 0 bridgehead atoms. The molecule has 1 aromatic carbocycles. The molecule has 0 aliphatic carbocycles. The topological polar surface area (TPSA) is 67.6 Å². The van der Waals surface area contributed by atoms with Crippen molar-refractivity contribution < 1.29 is 9.53 Å². The molecular formula is C17H27N3O2. The second-order valence-corrected chi connectivity index (χ2v) is 5.95. The number of nitrogens with two attached hydrogens (primary N) is 1. The van der Waals surface area contributed by atoms with E-state index in [2.05, 4.69) is 10.2 Å². The van der Waals surface area contributed by atoms with E-state index in [4.69, 9.17) is 10.5 Å². The predicted octanol–water partition coefficient (Wildman–Crippen LogP) is 1.37. The molecule has 1 saturated heterocycles. The van der Waals surface area contributed by atoms with Crippen LogP contribution in [0.25, 0.3) is 0 Å². The molecule has 3 N–H and O–H groups in total. The maximum Gasteiger partial charge on any atom is 0.234 e. The first-order chi connectivity index (χ1) is 10.7. The minimum Gasteiger partial charge on any atom is -0.497 e. The van der Waals surface area contributed by atoms with Crippen molar-refractivity contribution in [1.82, 2.24) is 10.2 Å². The molecule has 1 aromatic rings. The van der Waals surface area contributed by atoms with E-state index in [9.17, 15) is 4.79 Å². The molecule has 0 aromatic heterocycles. The number of likely N-dealkylation sites (tertiary alicyclic amines) is 1. The molecule has 1 unspecified atom stereocenters. The van der Waals surface area contributed by atoms with Crippen LogP contribution in [-0.4, -0.2) is 44.1 Å². The Kier molecular flexibility index (Phi) is 6.68. The van der Waals surface area contributed by atoms with Crippen LogP contribution in [0.3, 0.4) is 0 Å². The van der Waals surface area contributed by atoms with Gasteiger partial charge in [-0.25, -0.2) is 0 Å². The molecule has 122 valence electrons. The Morgan fingerprint density at radius 3 is 3.14 bits per heavy atom. The summed E-state index contributed by atoms with van der Waals surface area (Å²) in [5.41, 5.74) is 6.68. The van der Waals surface area contributed by atoms with Crippen LogP contribution < -0.4 is 15.8 Å². The average molecular weight is 305 g/mol. The number of hydrogen-bond acceptors (Lipinski definition) is 4. The molecular weight excluding hydrogens is 278 g/mol. The SMILES string of the molecule is COc1cccc(CNC(=O)CN2CCCC(CCN)C2)c1. The Balaban J connectivity index is 1.75. The summed E-state index contributed by atoms with van der Waals surface area (Å²) in [5, 5.41) is 2.98. The van der Waals surface area contributed by atoms with Crippen LogP contribution in [0.15, 0.2) is 24.3 Å². The lowest BCUT2D eigenvalue weighted by molar-refractivity contribution is -0.122. The van der Waals surface area contributed by atoms with Gasteiger partial charge in [0.05, 0.1) is 13.7 Å². The number of amides is 1. The molecule has 1 atom stereocenters. The molecule has 1 heterocycles. The summed E-state index contributed by atoms with van der Waals surface area (Å²) in [6.07, 6.45) is 3.45. The first-order valence-electron chi connectivity index (χ1n) is 8.03. The summed E-state index contributed by atoms with van der Waals surface area (Å²) in [6.45, 7) is 3.75. The van der Waals surface area contributed by atoms with Crippen molar-refractivity contribution in [1.29, 1.82) is 0 Å². The van der Waals surface area contributed by atoms with Gasteiger partial charge in [-0.2, -0.15) is 0 Å². The first kappa shape index (κ1) is 16.8. The van der Waals surface area contributed by atoms with E-state index >= 15 is 0 Å². The van der Waals surface area contributed by atoms with Crippen molar-refractivity contribution >= 4 is 5.91 Å². The lowest BCUT2D eigenvalue weighted by Crippen LogP contribution is -2.42. The van der Waals surface area contributed by atoms with Crippen LogP contribution in [0.2, 0.25) is 0 Å². The Hall–Kier alpha value is -1.59. The monoisotopic (exact) mass is 305 g/mol. The minimum atomic E-state index is 0.0798. The third-order valence-corrected chi connectivity index (χ3v) is 4.17. The molecule has 5 nitrogen and oxygen atoms in total. The van der Waals surface area contributed by atoms with Crippen LogP contribution >= 0.6 is 0 Å². The highest BCUT2D eigenvalue weighted by Crippen LogP contribution is 2.18. The van der Waals surface area contributed by atoms with Crippen molar-refractivity contribution in [3.63, 3.8) is 0 Å². The normalized spacial score (nSPS) is 18.9. The van der Waals surface area contributed by atoms with Crippen LogP contribution in [0.5, 0.6) is 5.75 Å². The molecule has 5 heteroatoms. The van der Waals surface area contributed by atoms with Crippen molar-refractivity contribution in [2.24, 2.45) is 11.7 Å². The van der Waals surface area contributed by atoms with Gasteiger partial charge in [-0.3, -0.25) is 9.69 Å². The third kappa shape index (κ3) is 5.31. The van der Waals surface area contributed by atoms with Crippen LogP contribution in [-0.2, 0) is 11.3 Å². The van der Waals surface area contributed by atoms with Gasteiger partial charge in [0.1, 0.15) is 5.75 Å². The lowest BCUT2D eigenvalue weighted by Gasteiger charge is -2.32. The quantitative estimate of drug-likeness (QED) is 0.798. The molecule has 1 fully saturated rings. The van der Waals surface area contributed by atoms with Crippen molar-refractivity contribution in [3.05, 3.63) is 29.8 Å². The standard InChI is InChI=1S/C17H27N3O2/c1-22-16-6-2-4-15(10-16)11-19-17(21)13-20-9-3-5-14(12-20)7-8-18/h2,4,6,10,14H,3,5,7-9,11-13,18H2,1H3,(H,19,21). The highest BCUT2D eigenvalue weighted by molar-refractivity contribution is 5.78. The van der Waals surface area contributed by atoms with E-state index in [0.717, 1.165) is 43.8 Å². The van der Waals surface area contributed by atoms with Crippen molar-refractivity contribution in [2.45, 2.75) is 25.8 Å². The van der Waals surface area contributed by atoms with Crippen LogP contribution in [0.4, 0.5) is 0 Å². The third-order valence-electron chi connectivity index (χ3n) is 4.17. The summed E-state index contributed by atoms with van der Waals surface area (Å²) in [6, 6.07) is 7.76. The van der Waals surface area contributed by atoms with Gasteiger partial charge in [0.25, 0.3) is 0 Å². The molecule has 0 saturated carbocycles. The second-order valence-electron chi connectivity index (χ2n) is 5.95. The maximum atomic E-state index is 12.1. The number of rotatable bonds is 7. The highest BCUT2D eigenvalue weighted by Gasteiger charge is 2.20. The molecule has 0 radical (unpaired) electrons. The molecule has 22 heavy (non-hydrogen) atoms. The summed E-state index contributed by atoms with van der Waals surface area (Å²) in [5.74, 6) is 1.54. The molecule has 0 spiro atoms. The van der Waals surface area contributed by atoms with E-state index in [1.165, 1.54) is 6.42 Å². The molecule has 1 amide bonds. The lowest BCUT2D eigenvalue weighted by atomic mass is 9.95. The van der Waals surface area contributed by atoms with Crippen LogP contribution in [0, 0.1) is 5.92 Å². The van der Waals surface area contributed by atoms with E-state index in [1.807, 2.05) is 24.3 Å². The number of piperidine rings is 1. The smallest absolute Gasteiger partial charge is 0.234 e. The maximum absolute atomic E-state index is 12.1. The zero-order valence-corrected chi connectivity index (χ0v) is 13.4. The van der Waals surface area contributed by atoms with Crippen molar-refractivity contribution in [3.8, 4) is 5.75 Å². The van der Waals surface area contributed by atoms with E-state index in [1.54, 1.807) is 7.11 Å². The van der Waals surface area contributed by atoms with E-state index in [-0.39, 0.29) is 5.91 Å². The number of hydrogen-bond donors (Lipinski definition) is 2. The predicted molar refractivity (Wildman–Crippen MR) is 87.7 cm³/mol. The fraction of sp³-hybridized carbons (Fsp3) is 0.588. The Bertz CT molecular complexity index is 477. The summed E-state index contributed by atoms with van der Waals surface area (Å²) < 4.78 is 5.19. The zero-order chi connectivity index (χ0) is 15.8. The Labute approximate surface area is 132 Å². The number of nitrogens with one attached hydrogen (secondary N) is 1. The zero-order valence-electron chi connectivity index (χ0n) is 13.4. The average Bonchev–Trinajstić information content (AvgIpc) is 2.54. The van der Waals surface area contributed by atoms with Gasteiger partial charge in [-0.1, -0.05) is 12.1 Å². The van der Waals surface area contributed by atoms with E-state index < -0.39 is 0 Å². The van der Waals surface area contributed by atoms with Gasteiger partial charge >= 0.3 is 0 Å². The first-order valence-corrected chi connectivity index (χ1v) is 8.03. The molecule has 2 rings (SSSR count). The number of methoxy groups -OCH3 is 1. The summed E-state index contributed by atoms with van der Waals surface area (Å²) >= 11 is 0. The number of ether oxygens (including phenoxy) is 1. The van der Waals surface area contributed by atoms with E-state index in [0.29, 0.717) is 19.0 Å². The van der Waals surface area contributed by atoms with Gasteiger partial charge in [0, 0.05) is 13.1 Å². The molecule has 1 aliphatic heterocycles.